The molecule has 0 radical (unpaired) electrons. The Morgan fingerprint density at radius 1 is 1.35 bits per heavy atom. The Kier molecular flexibility index (Phi) is 4.07. The fourth-order valence-electron chi connectivity index (χ4n) is 1.88. The van der Waals surface area contributed by atoms with Crippen molar-refractivity contribution in [1.82, 2.24) is 4.98 Å². The fraction of sp³-hybridized carbons (Fsp3) is 0.615. The highest BCUT2D eigenvalue weighted by Crippen LogP contribution is 2.29. The minimum absolute atomic E-state index is 0.466. The Labute approximate surface area is 102 Å². The minimum atomic E-state index is 0.466. The third kappa shape index (κ3) is 3.25. The van der Waals surface area contributed by atoms with Gasteiger partial charge in [-0.05, 0) is 25.3 Å². The lowest BCUT2D eigenvalue weighted by molar-refractivity contribution is 0.215. The van der Waals surface area contributed by atoms with Crippen LogP contribution in [0.5, 0.6) is 11.8 Å². The highest BCUT2D eigenvalue weighted by atomic mass is 16.5. The molecule has 1 aromatic heterocycles. The molecule has 0 amide bonds. The van der Waals surface area contributed by atoms with Crippen molar-refractivity contribution in [2.75, 3.05) is 18.9 Å². The van der Waals surface area contributed by atoms with E-state index in [4.69, 9.17) is 15.2 Å². The van der Waals surface area contributed by atoms with Crippen LogP contribution in [-0.2, 0) is 0 Å². The van der Waals surface area contributed by atoms with Crippen LogP contribution >= 0.6 is 0 Å². The molecule has 4 heteroatoms. The molecule has 0 bridgehead atoms. The average molecular weight is 236 g/mol. The summed E-state index contributed by atoms with van der Waals surface area (Å²) in [7, 11) is 0. The molecular formula is C13H20N2O2. The first-order valence-corrected chi connectivity index (χ1v) is 6.31. The molecule has 0 spiro atoms. The Balaban J connectivity index is 1.84. The number of pyridine rings is 1. The SMILES string of the molecule is CCOc1nc(OCCC2CCC2)ccc1N. The molecule has 1 aliphatic carbocycles. The van der Waals surface area contributed by atoms with Crippen LogP contribution in [0.25, 0.3) is 0 Å². The maximum absolute atomic E-state index is 5.74. The van der Waals surface area contributed by atoms with E-state index in [0.717, 1.165) is 18.9 Å². The van der Waals surface area contributed by atoms with Crippen molar-refractivity contribution in [3.63, 3.8) is 0 Å². The first kappa shape index (κ1) is 12.0. The van der Waals surface area contributed by atoms with Crippen LogP contribution in [0.3, 0.4) is 0 Å². The summed E-state index contributed by atoms with van der Waals surface area (Å²) in [5.74, 6) is 1.92. The molecule has 1 heterocycles. The molecule has 2 rings (SSSR count). The van der Waals surface area contributed by atoms with E-state index in [2.05, 4.69) is 4.98 Å². The zero-order chi connectivity index (χ0) is 12.1. The van der Waals surface area contributed by atoms with Gasteiger partial charge in [-0.3, -0.25) is 0 Å². The maximum atomic E-state index is 5.74. The summed E-state index contributed by atoms with van der Waals surface area (Å²) in [4.78, 5) is 4.23. The van der Waals surface area contributed by atoms with Gasteiger partial charge in [0.15, 0.2) is 0 Å². The van der Waals surface area contributed by atoms with Crippen molar-refractivity contribution in [2.45, 2.75) is 32.6 Å². The minimum Gasteiger partial charge on any atom is -0.478 e. The van der Waals surface area contributed by atoms with Gasteiger partial charge in [0.1, 0.15) is 0 Å². The van der Waals surface area contributed by atoms with Gasteiger partial charge < -0.3 is 15.2 Å². The molecular weight excluding hydrogens is 216 g/mol. The Morgan fingerprint density at radius 3 is 2.82 bits per heavy atom. The van der Waals surface area contributed by atoms with Crippen LogP contribution in [0, 0.1) is 5.92 Å². The van der Waals surface area contributed by atoms with Gasteiger partial charge in [-0.15, -0.1) is 0 Å². The summed E-state index contributed by atoms with van der Waals surface area (Å²) in [5.41, 5.74) is 6.29. The van der Waals surface area contributed by atoms with E-state index < -0.39 is 0 Å². The number of hydrogen-bond acceptors (Lipinski definition) is 4. The highest BCUT2D eigenvalue weighted by Gasteiger charge is 2.17. The quantitative estimate of drug-likeness (QED) is 0.825. The van der Waals surface area contributed by atoms with Gasteiger partial charge in [-0.2, -0.15) is 4.98 Å². The second-order valence-corrected chi connectivity index (χ2v) is 4.41. The van der Waals surface area contributed by atoms with Crippen molar-refractivity contribution < 1.29 is 9.47 Å². The van der Waals surface area contributed by atoms with Crippen molar-refractivity contribution in [3.05, 3.63) is 12.1 Å². The molecule has 1 saturated carbocycles. The lowest BCUT2D eigenvalue weighted by atomic mass is 9.83. The summed E-state index contributed by atoms with van der Waals surface area (Å²) in [5, 5.41) is 0. The van der Waals surface area contributed by atoms with Gasteiger partial charge in [0, 0.05) is 6.07 Å². The first-order valence-electron chi connectivity index (χ1n) is 6.31. The second kappa shape index (κ2) is 5.75. The first-order chi connectivity index (χ1) is 8.29. The highest BCUT2D eigenvalue weighted by molar-refractivity contribution is 5.49. The Morgan fingerprint density at radius 2 is 2.18 bits per heavy atom. The molecule has 94 valence electrons. The Bertz CT molecular complexity index is 364. The molecule has 17 heavy (non-hydrogen) atoms. The van der Waals surface area contributed by atoms with E-state index in [-0.39, 0.29) is 0 Å². The topological polar surface area (TPSA) is 57.4 Å². The lowest BCUT2D eigenvalue weighted by Gasteiger charge is -2.24. The van der Waals surface area contributed by atoms with Crippen LogP contribution in [0.2, 0.25) is 0 Å². The molecule has 0 aliphatic heterocycles. The van der Waals surface area contributed by atoms with Crippen LogP contribution in [0.1, 0.15) is 32.6 Å². The van der Waals surface area contributed by atoms with Gasteiger partial charge in [0.05, 0.1) is 18.9 Å². The second-order valence-electron chi connectivity index (χ2n) is 4.41. The summed E-state index contributed by atoms with van der Waals surface area (Å²) in [6, 6.07) is 3.56. The van der Waals surface area contributed by atoms with Crippen LogP contribution in [-0.4, -0.2) is 18.2 Å². The third-order valence-electron chi connectivity index (χ3n) is 3.15. The standard InChI is InChI=1S/C13H20N2O2/c1-2-16-13-11(14)6-7-12(15-13)17-9-8-10-4-3-5-10/h6-7,10H,2-5,8-9,14H2,1H3. The van der Waals surface area contributed by atoms with Gasteiger partial charge >= 0.3 is 0 Å². The van der Waals surface area contributed by atoms with E-state index >= 15 is 0 Å². The maximum Gasteiger partial charge on any atom is 0.240 e. The smallest absolute Gasteiger partial charge is 0.240 e. The number of anilines is 1. The molecule has 0 saturated heterocycles. The zero-order valence-electron chi connectivity index (χ0n) is 10.3. The molecule has 2 N–H and O–H groups in total. The molecule has 0 unspecified atom stereocenters. The zero-order valence-corrected chi connectivity index (χ0v) is 10.3. The molecule has 1 aromatic rings. The van der Waals surface area contributed by atoms with Gasteiger partial charge in [-0.1, -0.05) is 19.3 Å². The molecule has 1 fully saturated rings. The van der Waals surface area contributed by atoms with Gasteiger partial charge in [0.2, 0.25) is 11.8 Å². The largest absolute Gasteiger partial charge is 0.478 e. The molecule has 1 aliphatic rings. The summed E-state index contributed by atoms with van der Waals surface area (Å²) < 4.78 is 10.9. The van der Waals surface area contributed by atoms with E-state index in [1.54, 1.807) is 12.1 Å². The summed E-state index contributed by atoms with van der Waals surface area (Å²) in [6.45, 7) is 3.20. The predicted molar refractivity (Wildman–Crippen MR) is 67.3 cm³/mol. The Hall–Kier alpha value is -1.45. The number of nitrogens with zero attached hydrogens (tertiary/aromatic N) is 1. The van der Waals surface area contributed by atoms with Crippen molar-refractivity contribution in [1.29, 1.82) is 0 Å². The normalized spacial score (nSPS) is 15.4. The van der Waals surface area contributed by atoms with Gasteiger partial charge in [0.25, 0.3) is 0 Å². The number of nitrogen functional groups attached to an aromatic ring is 1. The van der Waals surface area contributed by atoms with Crippen LogP contribution < -0.4 is 15.2 Å². The fourth-order valence-corrected chi connectivity index (χ4v) is 1.88. The number of nitrogens with two attached hydrogens (primary N) is 1. The molecule has 0 atom stereocenters. The predicted octanol–water partition coefficient (Wildman–Crippen LogP) is 2.63. The summed E-state index contributed by atoms with van der Waals surface area (Å²) in [6.07, 6.45) is 5.20. The van der Waals surface area contributed by atoms with E-state index in [1.165, 1.54) is 19.3 Å². The number of hydrogen-bond donors (Lipinski definition) is 1. The van der Waals surface area contributed by atoms with Crippen molar-refractivity contribution in [3.8, 4) is 11.8 Å². The summed E-state index contributed by atoms with van der Waals surface area (Å²) >= 11 is 0. The third-order valence-corrected chi connectivity index (χ3v) is 3.15. The number of ether oxygens (including phenoxy) is 2. The van der Waals surface area contributed by atoms with Crippen molar-refractivity contribution in [2.24, 2.45) is 5.92 Å². The monoisotopic (exact) mass is 236 g/mol. The van der Waals surface area contributed by atoms with Gasteiger partial charge in [-0.25, -0.2) is 0 Å². The van der Waals surface area contributed by atoms with Crippen LogP contribution in [0.4, 0.5) is 5.69 Å². The number of aromatic nitrogens is 1. The van der Waals surface area contributed by atoms with E-state index in [1.807, 2.05) is 6.92 Å². The van der Waals surface area contributed by atoms with Crippen molar-refractivity contribution >= 4 is 5.69 Å². The lowest BCUT2D eigenvalue weighted by Crippen LogP contribution is -2.14. The number of rotatable bonds is 6. The van der Waals surface area contributed by atoms with E-state index in [9.17, 15) is 0 Å². The van der Waals surface area contributed by atoms with Crippen LogP contribution in [0.15, 0.2) is 12.1 Å². The molecule has 4 nitrogen and oxygen atoms in total. The van der Waals surface area contributed by atoms with E-state index in [0.29, 0.717) is 24.1 Å². The molecule has 0 aromatic carbocycles. The average Bonchev–Trinajstić information content (AvgIpc) is 2.26.